The lowest BCUT2D eigenvalue weighted by atomic mass is 9.66. The summed E-state index contributed by atoms with van der Waals surface area (Å²) in [5.41, 5.74) is 12.4. The highest BCUT2D eigenvalue weighted by atomic mass is 16.7. The van der Waals surface area contributed by atoms with Crippen LogP contribution in [-0.4, -0.2) is 31.6 Å². The Hall–Kier alpha value is -0.160. The number of hydrogen-bond acceptors (Lipinski definition) is 4. The van der Waals surface area contributed by atoms with Crippen LogP contribution in [0.15, 0.2) is 0 Å². The van der Waals surface area contributed by atoms with Crippen LogP contribution in [0.2, 0.25) is 0 Å². The smallest absolute Gasteiger partial charge is 0.160 e. The average Bonchev–Trinajstić information content (AvgIpc) is 2.53. The van der Waals surface area contributed by atoms with Gasteiger partial charge in [0.2, 0.25) is 0 Å². The minimum Gasteiger partial charge on any atom is -0.352 e. The number of ether oxygens (including phenoxy) is 2. The van der Waals surface area contributed by atoms with Gasteiger partial charge in [0.25, 0.3) is 0 Å². The maximum Gasteiger partial charge on any atom is 0.160 e. The van der Waals surface area contributed by atoms with E-state index in [4.69, 9.17) is 20.9 Å². The topological polar surface area (TPSA) is 70.5 Å². The van der Waals surface area contributed by atoms with Crippen LogP contribution in [-0.2, 0) is 9.47 Å². The maximum absolute atomic E-state index is 6.24. The zero-order valence-corrected chi connectivity index (χ0v) is 13.4. The van der Waals surface area contributed by atoms with Crippen molar-refractivity contribution in [2.24, 2.45) is 35.1 Å². The first-order chi connectivity index (χ1) is 10.1. The summed E-state index contributed by atoms with van der Waals surface area (Å²) in [6, 6.07) is 0.392. The third kappa shape index (κ3) is 3.61. The molecule has 0 bridgehead atoms. The quantitative estimate of drug-likeness (QED) is 0.820. The van der Waals surface area contributed by atoms with E-state index in [1.165, 1.54) is 32.1 Å². The van der Waals surface area contributed by atoms with Crippen molar-refractivity contribution in [3.63, 3.8) is 0 Å². The van der Waals surface area contributed by atoms with Crippen molar-refractivity contribution >= 4 is 0 Å². The molecule has 1 saturated heterocycles. The van der Waals surface area contributed by atoms with Gasteiger partial charge in [0.15, 0.2) is 6.29 Å². The summed E-state index contributed by atoms with van der Waals surface area (Å²) in [6.45, 7) is 4.01. The summed E-state index contributed by atoms with van der Waals surface area (Å²) >= 11 is 0. The molecule has 3 fully saturated rings. The van der Waals surface area contributed by atoms with Crippen LogP contribution < -0.4 is 11.5 Å². The van der Waals surface area contributed by atoms with E-state index < -0.39 is 0 Å². The van der Waals surface area contributed by atoms with E-state index in [2.05, 4.69) is 6.92 Å². The predicted octanol–water partition coefficient (Wildman–Crippen LogP) is 2.26. The van der Waals surface area contributed by atoms with Gasteiger partial charge >= 0.3 is 0 Å². The largest absolute Gasteiger partial charge is 0.352 e. The van der Waals surface area contributed by atoms with Crippen LogP contribution in [0.4, 0.5) is 0 Å². The van der Waals surface area contributed by atoms with Crippen molar-refractivity contribution in [1.29, 1.82) is 0 Å². The van der Waals surface area contributed by atoms with E-state index in [1.807, 2.05) is 0 Å². The summed E-state index contributed by atoms with van der Waals surface area (Å²) in [5, 5.41) is 0. The molecule has 4 nitrogen and oxygen atoms in total. The second-order valence-corrected chi connectivity index (χ2v) is 7.59. The average molecular weight is 296 g/mol. The van der Waals surface area contributed by atoms with E-state index >= 15 is 0 Å². The first-order valence-corrected chi connectivity index (χ1v) is 8.89. The molecular formula is C17H32N2O2. The molecule has 4 atom stereocenters. The van der Waals surface area contributed by atoms with Crippen molar-refractivity contribution in [3.05, 3.63) is 0 Å². The molecule has 0 aromatic rings. The maximum atomic E-state index is 6.24. The summed E-state index contributed by atoms with van der Waals surface area (Å²) in [4.78, 5) is 0. The van der Waals surface area contributed by atoms with E-state index in [0.717, 1.165) is 37.9 Å². The molecule has 4 N–H and O–H groups in total. The first kappa shape index (κ1) is 15.7. The molecule has 0 spiro atoms. The molecule has 21 heavy (non-hydrogen) atoms. The molecule has 4 unspecified atom stereocenters. The van der Waals surface area contributed by atoms with Gasteiger partial charge in [-0.25, -0.2) is 0 Å². The zero-order valence-electron chi connectivity index (χ0n) is 13.4. The van der Waals surface area contributed by atoms with E-state index in [0.29, 0.717) is 11.8 Å². The van der Waals surface area contributed by atoms with Crippen LogP contribution in [0.25, 0.3) is 0 Å². The summed E-state index contributed by atoms with van der Waals surface area (Å²) in [6.07, 6.45) is 8.63. The van der Waals surface area contributed by atoms with Gasteiger partial charge in [-0.3, -0.25) is 0 Å². The Morgan fingerprint density at radius 1 is 0.810 bits per heavy atom. The number of rotatable bonds is 2. The van der Waals surface area contributed by atoms with Gasteiger partial charge in [0, 0.05) is 18.0 Å². The fraction of sp³-hybridized carbons (Fsp3) is 1.00. The highest BCUT2D eigenvalue weighted by molar-refractivity contribution is 4.92. The minimum absolute atomic E-state index is 0.0701. The Balaban J connectivity index is 1.49. The van der Waals surface area contributed by atoms with Crippen LogP contribution in [0.5, 0.6) is 0 Å². The van der Waals surface area contributed by atoms with Crippen molar-refractivity contribution in [2.75, 3.05) is 13.2 Å². The molecule has 0 amide bonds. The molecule has 2 saturated carbocycles. The molecule has 122 valence electrons. The molecule has 4 heteroatoms. The molecular weight excluding hydrogens is 264 g/mol. The van der Waals surface area contributed by atoms with Crippen LogP contribution >= 0.6 is 0 Å². The molecule has 0 aromatic carbocycles. The van der Waals surface area contributed by atoms with Crippen LogP contribution in [0.3, 0.4) is 0 Å². The van der Waals surface area contributed by atoms with E-state index in [-0.39, 0.29) is 18.4 Å². The van der Waals surface area contributed by atoms with Gasteiger partial charge < -0.3 is 20.9 Å². The highest BCUT2D eigenvalue weighted by Crippen LogP contribution is 2.42. The summed E-state index contributed by atoms with van der Waals surface area (Å²) < 4.78 is 11.6. The molecule has 1 aliphatic heterocycles. The van der Waals surface area contributed by atoms with Crippen LogP contribution in [0.1, 0.15) is 51.9 Å². The van der Waals surface area contributed by atoms with Crippen molar-refractivity contribution < 1.29 is 9.47 Å². The van der Waals surface area contributed by atoms with Crippen molar-refractivity contribution in [2.45, 2.75) is 70.2 Å². The molecule has 1 heterocycles. The van der Waals surface area contributed by atoms with Gasteiger partial charge in [-0.05, 0) is 62.7 Å². The molecule has 0 radical (unpaired) electrons. The molecule has 3 rings (SSSR count). The third-order valence-electron chi connectivity index (χ3n) is 6.12. The Morgan fingerprint density at radius 2 is 1.43 bits per heavy atom. The highest BCUT2D eigenvalue weighted by Gasteiger charge is 2.38. The van der Waals surface area contributed by atoms with Gasteiger partial charge in [-0.15, -0.1) is 0 Å². The second-order valence-electron chi connectivity index (χ2n) is 7.59. The SMILES string of the molecule is CC1CC(C2CCC(C3OCCCO3)CC2)CC(N)C1N. The van der Waals surface area contributed by atoms with Crippen molar-refractivity contribution in [1.82, 2.24) is 0 Å². The Bertz CT molecular complexity index is 313. The third-order valence-corrected chi connectivity index (χ3v) is 6.12. The van der Waals surface area contributed by atoms with E-state index in [9.17, 15) is 0 Å². The van der Waals surface area contributed by atoms with Gasteiger partial charge in [0.05, 0.1) is 13.2 Å². The first-order valence-electron chi connectivity index (χ1n) is 8.89. The van der Waals surface area contributed by atoms with Gasteiger partial charge in [-0.1, -0.05) is 6.92 Å². The lowest BCUT2D eigenvalue weighted by Crippen LogP contribution is -2.51. The van der Waals surface area contributed by atoms with Gasteiger partial charge in [-0.2, -0.15) is 0 Å². The summed E-state index contributed by atoms with van der Waals surface area (Å²) in [5.74, 6) is 2.80. The molecule has 0 aromatic heterocycles. The van der Waals surface area contributed by atoms with E-state index in [1.54, 1.807) is 0 Å². The number of hydrogen-bond donors (Lipinski definition) is 2. The fourth-order valence-corrected chi connectivity index (χ4v) is 4.71. The molecule has 3 aliphatic rings. The van der Waals surface area contributed by atoms with Crippen LogP contribution in [0, 0.1) is 23.7 Å². The lowest BCUT2D eigenvalue weighted by Gasteiger charge is -2.43. The Morgan fingerprint density at radius 3 is 2.05 bits per heavy atom. The molecule has 2 aliphatic carbocycles. The lowest BCUT2D eigenvalue weighted by molar-refractivity contribution is -0.211. The normalized spacial score (nSPS) is 46.4. The second kappa shape index (κ2) is 6.95. The number of nitrogens with two attached hydrogens (primary N) is 2. The zero-order chi connectivity index (χ0) is 14.8. The Kier molecular flexibility index (Phi) is 5.20. The minimum atomic E-state index is 0.0701. The summed E-state index contributed by atoms with van der Waals surface area (Å²) in [7, 11) is 0. The predicted molar refractivity (Wildman–Crippen MR) is 83.6 cm³/mol. The monoisotopic (exact) mass is 296 g/mol. The Labute approximate surface area is 128 Å². The fourth-order valence-electron chi connectivity index (χ4n) is 4.71. The standard InChI is InChI=1S/C17H32N2O2/c1-11-9-14(10-15(18)16(11)19)12-3-5-13(6-4-12)17-20-7-2-8-21-17/h11-17H,2-10,18-19H2,1H3. The van der Waals surface area contributed by atoms with Gasteiger partial charge in [0.1, 0.15) is 0 Å². The van der Waals surface area contributed by atoms with Crippen molar-refractivity contribution in [3.8, 4) is 0 Å².